The fourth-order valence-corrected chi connectivity index (χ4v) is 1.28. The van der Waals surface area contributed by atoms with Gasteiger partial charge in [0.25, 0.3) is 0 Å². The van der Waals surface area contributed by atoms with Crippen LogP contribution >= 0.6 is 27.5 Å². The molecule has 1 rings (SSSR count). The van der Waals surface area contributed by atoms with Gasteiger partial charge in [0.05, 0.1) is 4.60 Å². The summed E-state index contributed by atoms with van der Waals surface area (Å²) in [6.07, 6.45) is 0. The van der Waals surface area contributed by atoms with Gasteiger partial charge in [0.15, 0.2) is 0 Å². The molecule has 0 fully saturated rings. The first-order valence-electron chi connectivity index (χ1n) is 2.67. The van der Waals surface area contributed by atoms with Crippen LogP contribution in [0.2, 0.25) is 0 Å². The van der Waals surface area contributed by atoms with Gasteiger partial charge in [-0.25, -0.2) is 0 Å². The zero-order valence-electron chi connectivity index (χ0n) is 5.03. The van der Waals surface area contributed by atoms with E-state index in [1.165, 1.54) is 6.07 Å². The Morgan fingerprint density at radius 1 is 1.60 bits per heavy atom. The van der Waals surface area contributed by atoms with Gasteiger partial charge in [-0.1, -0.05) is 0 Å². The van der Waals surface area contributed by atoms with Crippen molar-refractivity contribution in [3.8, 4) is 0 Å². The summed E-state index contributed by atoms with van der Waals surface area (Å²) < 4.78 is 0.663. The van der Waals surface area contributed by atoms with Crippen LogP contribution in [0.5, 0.6) is 0 Å². The molecule has 0 radical (unpaired) electrons. The quantitative estimate of drug-likeness (QED) is 0.571. The Labute approximate surface area is 71.3 Å². The number of pyridine rings is 1. The van der Waals surface area contributed by atoms with Gasteiger partial charge >= 0.3 is 0 Å². The minimum absolute atomic E-state index is 0.134. The van der Waals surface area contributed by atoms with E-state index in [4.69, 9.17) is 11.6 Å². The van der Waals surface area contributed by atoms with Gasteiger partial charge < -0.3 is 4.98 Å². The van der Waals surface area contributed by atoms with Gasteiger partial charge in [0, 0.05) is 11.9 Å². The van der Waals surface area contributed by atoms with Crippen LogP contribution in [0.25, 0.3) is 0 Å². The molecule has 1 aromatic heterocycles. The van der Waals surface area contributed by atoms with Gasteiger partial charge in [0.2, 0.25) is 5.56 Å². The van der Waals surface area contributed by atoms with Crippen LogP contribution in [-0.2, 0) is 5.88 Å². The number of H-pyrrole nitrogens is 1. The monoisotopic (exact) mass is 221 g/mol. The molecule has 0 aromatic carbocycles. The maximum absolute atomic E-state index is 10.7. The molecule has 0 saturated carbocycles. The van der Waals surface area contributed by atoms with Crippen molar-refractivity contribution in [2.24, 2.45) is 0 Å². The van der Waals surface area contributed by atoms with Crippen LogP contribution in [0.1, 0.15) is 5.56 Å². The molecule has 0 amide bonds. The van der Waals surface area contributed by atoms with Crippen molar-refractivity contribution in [2.75, 3.05) is 0 Å². The maximum Gasteiger partial charge on any atom is 0.249 e. The van der Waals surface area contributed by atoms with E-state index in [-0.39, 0.29) is 5.56 Å². The zero-order chi connectivity index (χ0) is 7.56. The summed E-state index contributed by atoms with van der Waals surface area (Å²) in [5.74, 6) is 0.364. The second-order valence-electron chi connectivity index (χ2n) is 1.83. The Morgan fingerprint density at radius 2 is 2.30 bits per heavy atom. The van der Waals surface area contributed by atoms with Gasteiger partial charge in [-0.15, -0.1) is 11.6 Å². The maximum atomic E-state index is 10.7. The summed E-state index contributed by atoms with van der Waals surface area (Å²) in [5.41, 5.74) is 0.683. The average molecular weight is 222 g/mol. The molecule has 0 aliphatic rings. The highest BCUT2D eigenvalue weighted by Gasteiger charge is 1.93. The van der Waals surface area contributed by atoms with E-state index >= 15 is 0 Å². The zero-order valence-corrected chi connectivity index (χ0v) is 7.37. The molecule has 0 aliphatic carbocycles. The minimum atomic E-state index is -0.134. The molecule has 4 heteroatoms. The molecule has 54 valence electrons. The second-order valence-corrected chi connectivity index (χ2v) is 2.96. The van der Waals surface area contributed by atoms with Crippen LogP contribution in [0.15, 0.2) is 21.5 Å². The van der Waals surface area contributed by atoms with Gasteiger partial charge in [-0.3, -0.25) is 4.79 Å². The van der Waals surface area contributed by atoms with Crippen molar-refractivity contribution in [1.82, 2.24) is 4.98 Å². The van der Waals surface area contributed by atoms with Crippen molar-refractivity contribution < 1.29 is 0 Å². The molecule has 0 spiro atoms. The van der Waals surface area contributed by atoms with E-state index < -0.39 is 0 Å². The Bertz CT molecular complexity index is 283. The van der Waals surface area contributed by atoms with E-state index in [1.807, 2.05) is 0 Å². The van der Waals surface area contributed by atoms with Crippen LogP contribution in [-0.4, -0.2) is 4.98 Å². The third-order valence-corrected chi connectivity index (χ3v) is 1.76. The molecule has 0 aliphatic heterocycles. The third kappa shape index (κ3) is 1.85. The van der Waals surface area contributed by atoms with E-state index in [9.17, 15) is 4.79 Å². The molecule has 0 bridgehead atoms. The van der Waals surface area contributed by atoms with Crippen LogP contribution in [0.4, 0.5) is 0 Å². The van der Waals surface area contributed by atoms with Crippen molar-refractivity contribution in [1.29, 1.82) is 0 Å². The highest BCUT2D eigenvalue weighted by atomic mass is 79.9. The van der Waals surface area contributed by atoms with E-state index in [1.54, 1.807) is 6.07 Å². The number of aromatic amines is 1. The SMILES string of the molecule is O=c1cc(CCl)cc(Br)[nH]1. The number of halogens is 2. The lowest BCUT2D eigenvalue weighted by Gasteiger charge is -1.93. The lowest BCUT2D eigenvalue weighted by Crippen LogP contribution is -2.04. The Balaban J connectivity index is 3.19. The Kier molecular flexibility index (Phi) is 2.51. The van der Waals surface area contributed by atoms with E-state index in [2.05, 4.69) is 20.9 Å². The third-order valence-electron chi connectivity index (χ3n) is 1.03. The average Bonchev–Trinajstić information content (AvgIpc) is 1.85. The fraction of sp³-hybridized carbons (Fsp3) is 0.167. The highest BCUT2D eigenvalue weighted by Crippen LogP contribution is 2.06. The van der Waals surface area contributed by atoms with Crippen molar-refractivity contribution in [3.05, 3.63) is 32.7 Å². The summed E-state index contributed by atoms with van der Waals surface area (Å²) in [6.45, 7) is 0. The molecule has 0 unspecified atom stereocenters. The number of nitrogens with one attached hydrogen (secondary N) is 1. The smallest absolute Gasteiger partial charge is 0.249 e. The number of hydrogen-bond acceptors (Lipinski definition) is 1. The lowest BCUT2D eigenvalue weighted by molar-refractivity contribution is 1.16. The van der Waals surface area contributed by atoms with Gasteiger partial charge in [-0.05, 0) is 27.6 Å². The number of aromatic nitrogens is 1. The molecule has 1 heterocycles. The standard InChI is InChI=1S/C6H5BrClNO/c7-5-1-4(3-8)2-6(10)9-5/h1-2H,3H2,(H,9,10). The summed E-state index contributed by atoms with van der Waals surface area (Å²) in [7, 11) is 0. The molecule has 0 saturated heterocycles. The van der Waals surface area contributed by atoms with E-state index in [0.29, 0.717) is 10.5 Å². The van der Waals surface area contributed by atoms with Crippen LogP contribution in [0, 0.1) is 0 Å². The molecule has 10 heavy (non-hydrogen) atoms. The number of rotatable bonds is 1. The fourth-order valence-electron chi connectivity index (χ4n) is 0.640. The number of hydrogen-bond donors (Lipinski definition) is 1. The predicted molar refractivity (Wildman–Crippen MR) is 44.3 cm³/mol. The lowest BCUT2D eigenvalue weighted by atomic mass is 10.3. The largest absolute Gasteiger partial charge is 0.317 e. The van der Waals surface area contributed by atoms with Crippen LogP contribution in [0.3, 0.4) is 0 Å². The molecular weight excluding hydrogens is 217 g/mol. The molecule has 0 atom stereocenters. The molecule has 1 aromatic rings. The Hall–Kier alpha value is -0.280. The first kappa shape index (κ1) is 7.82. The van der Waals surface area contributed by atoms with E-state index in [0.717, 1.165) is 5.56 Å². The van der Waals surface area contributed by atoms with Crippen molar-refractivity contribution >= 4 is 27.5 Å². The first-order chi connectivity index (χ1) is 4.72. The summed E-state index contributed by atoms with van der Waals surface area (Å²) in [5, 5.41) is 0. The van der Waals surface area contributed by atoms with Gasteiger partial charge in [-0.2, -0.15) is 0 Å². The Morgan fingerprint density at radius 3 is 2.80 bits per heavy atom. The minimum Gasteiger partial charge on any atom is -0.317 e. The predicted octanol–water partition coefficient (Wildman–Crippen LogP) is 1.88. The summed E-state index contributed by atoms with van der Waals surface area (Å²) in [6, 6.07) is 3.24. The topological polar surface area (TPSA) is 32.9 Å². The molecule has 2 nitrogen and oxygen atoms in total. The second kappa shape index (κ2) is 3.21. The first-order valence-corrected chi connectivity index (χ1v) is 4.00. The van der Waals surface area contributed by atoms with Gasteiger partial charge in [0.1, 0.15) is 0 Å². The highest BCUT2D eigenvalue weighted by molar-refractivity contribution is 9.10. The van der Waals surface area contributed by atoms with Crippen molar-refractivity contribution in [2.45, 2.75) is 5.88 Å². The normalized spacial score (nSPS) is 9.80. The number of alkyl halides is 1. The summed E-state index contributed by atoms with van der Waals surface area (Å²) >= 11 is 8.64. The van der Waals surface area contributed by atoms with Crippen LogP contribution < -0.4 is 5.56 Å². The molecular formula is C6H5BrClNO. The van der Waals surface area contributed by atoms with Crippen molar-refractivity contribution in [3.63, 3.8) is 0 Å². The summed E-state index contributed by atoms with van der Waals surface area (Å²) in [4.78, 5) is 13.3. The molecule has 1 N–H and O–H groups in total.